The van der Waals surface area contributed by atoms with Gasteiger partial charge in [0, 0.05) is 14.9 Å². The van der Waals surface area contributed by atoms with Crippen LogP contribution in [-0.4, -0.2) is 25.5 Å². The Morgan fingerprint density at radius 2 is 2.00 bits per heavy atom. The molecule has 0 aromatic rings. The van der Waals surface area contributed by atoms with Crippen molar-refractivity contribution >= 4 is 11.9 Å². The van der Waals surface area contributed by atoms with Crippen LogP contribution in [0, 0.1) is 5.92 Å². The van der Waals surface area contributed by atoms with E-state index in [9.17, 15) is 9.59 Å². The molecule has 0 aliphatic rings. The van der Waals surface area contributed by atoms with Gasteiger partial charge in [0.1, 0.15) is 0 Å². The molecule has 1 N–H and O–H groups in total. The van der Waals surface area contributed by atoms with E-state index in [1.165, 1.54) is 0 Å². The van der Waals surface area contributed by atoms with Gasteiger partial charge in [-0.2, -0.15) is 0 Å². The summed E-state index contributed by atoms with van der Waals surface area (Å²) in [5.74, 6) is -0.109. The molecular formula is C9H19NO3. The zero-order valence-corrected chi connectivity index (χ0v) is 8.42. The minimum absolute atomic E-state index is 0. The molecular weight excluding hydrogens is 170 g/mol. The highest BCUT2D eigenvalue weighted by Gasteiger charge is 2.06. The molecule has 0 heterocycles. The monoisotopic (exact) mass is 189 g/mol. The lowest BCUT2D eigenvalue weighted by molar-refractivity contribution is -0.145. The van der Waals surface area contributed by atoms with Crippen molar-refractivity contribution in [2.24, 2.45) is 5.92 Å². The molecule has 0 unspecified atom stereocenters. The molecule has 0 aliphatic heterocycles. The van der Waals surface area contributed by atoms with E-state index in [0.29, 0.717) is 12.5 Å². The Bertz CT molecular complexity index is 183. The molecule has 4 heteroatoms. The minimum atomic E-state index is -0.308. The first-order valence-corrected chi connectivity index (χ1v) is 4.42. The number of carbonyl (C=O) groups is 2. The molecule has 78 valence electrons. The van der Waals surface area contributed by atoms with Crippen LogP contribution in [0.5, 0.6) is 0 Å². The topological polar surface area (TPSA) is 55.4 Å². The number of hydrogen-bond donors (Lipinski definition) is 1. The Hall–Kier alpha value is -1.06. The Balaban J connectivity index is 0. The quantitative estimate of drug-likeness (QED) is 0.655. The third kappa shape index (κ3) is 7.31. The van der Waals surface area contributed by atoms with Crippen molar-refractivity contribution in [3.05, 3.63) is 0 Å². The number of esters is 1. The van der Waals surface area contributed by atoms with Crippen LogP contribution in [0.25, 0.3) is 0 Å². The van der Waals surface area contributed by atoms with Gasteiger partial charge in [0.05, 0.1) is 13.0 Å². The largest absolute Gasteiger partial charge is 0.465 e. The number of carbonyl (C=O) groups excluding carboxylic acids is 2. The second kappa shape index (κ2) is 6.46. The van der Waals surface area contributed by atoms with Crippen molar-refractivity contribution in [3.8, 4) is 0 Å². The van der Waals surface area contributed by atoms with Gasteiger partial charge in [-0.3, -0.25) is 9.59 Å². The van der Waals surface area contributed by atoms with Crippen LogP contribution < -0.4 is 5.32 Å². The molecule has 0 bridgehead atoms. The third-order valence-electron chi connectivity index (χ3n) is 1.41. The zero-order chi connectivity index (χ0) is 10.3. The fourth-order valence-corrected chi connectivity index (χ4v) is 0.672. The minimum Gasteiger partial charge on any atom is -0.465 e. The summed E-state index contributed by atoms with van der Waals surface area (Å²) in [4.78, 5) is 21.7. The summed E-state index contributed by atoms with van der Waals surface area (Å²) >= 11 is 0. The SMILES string of the molecule is CNC(=O)CCC(=O)OCC(C)C.[HH]. The summed E-state index contributed by atoms with van der Waals surface area (Å²) in [7, 11) is 1.54. The van der Waals surface area contributed by atoms with Crippen molar-refractivity contribution < 1.29 is 15.8 Å². The average Bonchev–Trinajstić information content (AvgIpc) is 2.10. The van der Waals surface area contributed by atoms with Gasteiger partial charge >= 0.3 is 5.97 Å². The summed E-state index contributed by atoms with van der Waals surface area (Å²) in [5, 5.41) is 2.44. The first-order chi connectivity index (χ1) is 6.06. The van der Waals surface area contributed by atoms with E-state index in [-0.39, 0.29) is 26.1 Å². The highest BCUT2D eigenvalue weighted by atomic mass is 16.5. The second-order valence-electron chi connectivity index (χ2n) is 3.25. The van der Waals surface area contributed by atoms with Crippen molar-refractivity contribution in [1.29, 1.82) is 0 Å². The molecule has 0 aliphatic carbocycles. The molecule has 0 aromatic heterocycles. The molecule has 0 aromatic carbocycles. The maximum absolute atomic E-state index is 11.0. The predicted molar refractivity (Wildman–Crippen MR) is 51.2 cm³/mol. The molecule has 0 radical (unpaired) electrons. The Kier molecular flexibility index (Phi) is 5.93. The average molecular weight is 189 g/mol. The van der Waals surface area contributed by atoms with Crippen molar-refractivity contribution in [1.82, 2.24) is 5.32 Å². The van der Waals surface area contributed by atoms with Crippen LogP contribution in [0.15, 0.2) is 0 Å². The van der Waals surface area contributed by atoms with E-state index in [4.69, 9.17) is 4.74 Å². The standard InChI is InChI=1S/C9H17NO3.H2/c1-7(2)6-13-9(12)5-4-8(11)10-3;/h7H,4-6H2,1-3H3,(H,10,11);1H. The first-order valence-electron chi connectivity index (χ1n) is 4.42. The molecule has 0 saturated carbocycles. The number of hydrogen-bond acceptors (Lipinski definition) is 3. The highest BCUT2D eigenvalue weighted by molar-refractivity contribution is 5.80. The van der Waals surface area contributed by atoms with Crippen molar-refractivity contribution in [2.75, 3.05) is 13.7 Å². The van der Waals surface area contributed by atoms with Crippen LogP contribution in [0.2, 0.25) is 0 Å². The zero-order valence-electron chi connectivity index (χ0n) is 8.42. The molecule has 0 fully saturated rings. The Morgan fingerprint density at radius 1 is 1.38 bits per heavy atom. The van der Waals surface area contributed by atoms with Crippen LogP contribution in [0.1, 0.15) is 28.1 Å². The van der Waals surface area contributed by atoms with E-state index in [0.717, 1.165) is 0 Å². The maximum atomic E-state index is 11.0. The molecule has 13 heavy (non-hydrogen) atoms. The van der Waals surface area contributed by atoms with Gasteiger partial charge in [-0.1, -0.05) is 13.8 Å². The van der Waals surface area contributed by atoms with Gasteiger partial charge < -0.3 is 10.1 Å². The van der Waals surface area contributed by atoms with E-state index in [1.807, 2.05) is 13.8 Å². The molecule has 1 amide bonds. The molecule has 0 saturated heterocycles. The maximum Gasteiger partial charge on any atom is 0.306 e. The van der Waals surface area contributed by atoms with Crippen molar-refractivity contribution in [2.45, 2.75) is 26.7 Å². The van der Waals surface area contributed by atoms with Gasteiger partial charge in [0.2, 0.25) is 5.91 Å². The van der Waals surface area contributed by atoms with Gasteiger partial charge in [0.15, 0.2) is 0 Å². The summed E-state index contributed by atoms with van der Waals surface area (Å²) in [6, 6.07) is 0. The lowest BCUT2D eigenvalue weighted by atomic mass is 10.2. The summed E-state index contributed by atoms with van der Waals surface area (Å²) in [5.41, 5.74) is 0. The number of amides is 1. The van der Waals surface area contributed by atoms with Crippen molar-refractivity contribution in [3.63, 3.8) is 0 Å². The Labute approximate surface area is 80.1 Å². The highest BCUT2D eigenvalue weighted by Crippen LogP contribution is 1.97. The summed E-state index contributed by atoms with van der Waals surface area (Å²) < 4.78 is 4.88. The molecule has 4 nitrogen and oxygen atoms in total. The van der Waals surface area contributed by atoms with E-state index in [2.05, 4.69) is 5.32 Å². The van der Waals surface area contributed by atoms with E-state index < -0.39 is 0 Å². The van der Waals surface area contributed by atoms with E-state index >= 15 is 0 Å². The second-order valence-corrected chi connectivity index (χ2v) is 3.25. The van der Waals surface area contributed by atoms with Gasteiger partial charge in [-0.05, 0) is 5.92 Å². The lowest BCUT2D eigenvalue weighted by Gasteiger charge is -2.06. The Morgan fingerprint density at radius 3 is 2.46 bits per heavy atom. The van der Waals surface area contributed by atoms with Crippen LogP contribution in [0.3, 0.4) is 0 Å². The van der Waals surface area contributed by atoms with Crippen LogP contribution in [-0.2, 0) is 14.3 Å². The lowest BCUT2D eigenvalue weighted by Crippen LogP contribution is -2.19. The normalized spacial score (nSPS) is 9.85. The fraction of sp³-hybridized carbons (Fsp3) is 0.778. The first kappa shape index (κ1) is 11.9. The van der Waals surface area contributed by atoms with E-state index in [1.54, 1.807) is 7.05 Å². The smallest absolute Gasteiger partial charge is 0.306 e. The molecule has 0 rings (SSSR count). The predicted octanol–water partition coefficient (Wildman–Crippen LogP) is 0.958. The summed E-state index contributed by atoms with van der Waals surface area (Å²) in [6.45, 7) is 4.35. The number of rotatable bonds is 5. The fourth-order valence-electron chi connectivity index (χ4n) is 0.672. The van der Waals surface area contributed by atoms with Gasteiger partial charge in [-0.15, -0.1) is 0 Å². The molecule has 0 spiro atoms. The summed E-state index contributed by atoms with van der Waals surface area (Å²) in [6.07, 6.45) is 0.361. The number of ether oxygens (including phenoxy) is 1. The van der Waals surface area contributed by atoms with Gasteiger partial charge in [0.25, 0.3) is 0 Å². The molecule has 0 atom stereocenters. The number of nitrogens with one attached hydrogen (secondary N) is 1. The van der Waals surface area contributed by atoms with Gasteiger partial charge in [-0.25, -0.2) is 0 Å². The van der Waals surface area contributed by atoms with Crippen LogP contribution in [0.4, 0.5) is 0 Å². The van der Waals surface area contributed by atoms with Crippen LogP contribution >= 0.6 is 0 Å². The third-order valence-corrected chi connectivity index (χ3v) is 1.41.